The molecule has 3 aromatic heterocycles. The van der Waals surface area contributed by atoms with Gasteiger partial charge in [-0.3, -0.25) is 14.5 Å². The number of carbonyl (C=O) groups excluding carboxylic acids is 1. The summed E-state index contributed by atoms with van der Waals surface area (Å²) in [4.78, 5) is 21.7. The molecule has 3 heterocycles. The van der Waals surface area contributed by atoms with Gasteiger partial charge in [-0.1, -0.05) is 6.07 Å². The number of nitrogens with two attached hydrogens (primary N) is 1. The van der Waals surface area contributed by atoms with E-state index in [0.717, 1.165) is 33.3 Å². The van der Waals surface area contributed by atoms with Gasteiger partial charge in [-0.25, -0.2) is 4.98 Å². The predicted molar refractivity (Wildman–Crippen MR) is 129 cm³/mol. The molecule has 0 bridgehead atoms. The van der Waals surface area contributed by atoms with Gasteiger partial charge in [0, 0.05) is 30.0 Å². The fourth-order valence-corrected chi connectivity index (χ4v) is 4.29. The Balaban J connectivity index is 1.34. The highest BCUT2D eigenvalue weighted by Crippen LogP contribution is 2.40. The summed E-state index contributed by atoms with van der Waals surface area (Å²) in [5.41, 5.74) is 12.0. The monoisotopic (exact) mass is 451 g/mol. The number of nitrogen functional groups attached to an aromatic ring is 1. The van der Waals surface area contributed by atoms with E-state index in [2.05, 4.69) is 32.5 Å². The van der Waals surface area contributed by atoms with Gasteiger partial charge in [0.15, 0.2) is 5.69 Å². The summed E-state index contributed by atoms with van der Waals surface area (Å²) in [5.74, 6) is 0.740. The van der Waals surface area contributed by atoms with E-state index in [1.807, 2.05) is 38.2 Å². The Morgan fingerprint density at radius 3 is 2.82 bits per heavy atom. The number of hydrogen-bond donors (Lipinski definition) is 2. The molecule has 1 aliphatic carbocycles. The van der Waals surface area contributed by atoms with Gasteiger partial charge in [0.1, 0.15) is 11.9 Å². The Hall–Kier alpha value is -4.25. The molecule has 170 valence electrons. The number of fused-ring (bicyclic) bond motifs is 1. The molecule has 0 radical (unpaired) electrons. The second kappa shape index (κ2) is 8.60. The molecule has 1 aromatic carbocycles. The first-order chi connectivity index (χ1) is 16.4. The van der Waals surface area contributed by atoms with Crippen LogP contribution < -0.4 is 11.1 Å². The topological polar surface area (TPSA) is 123 Å². The van der Waals surface area contributed by atoms with Gasteiger partial charge < -0.3 is 11.1 Å². The maximum Gasteiger partial charge on any atom is 0.256 e. The maximum absolute atomic E-state index is 12.9. The smallest absolute Gasteiger partial charge is 0.256 e. The lowest BCUT2D eigenvalue weighted by atomic mass is 10.1. The zero-order valence-electron chi connectivity index (χ0n) is 19.2. The molecule has 0 saturated heterocycles. The normalized spacial score (nSPS) is 13.1. The third-order valence-corrected chi connectivity index (χ3v) is 6.27. The van der Waals surface area contributed by atoms with Crippen molar-refractivity contribution in [3.63, 3.8) is 0 Å². The molecule has 0 spiro atoms. The van der Waals surface area contributed by atoms with E-state index < -0.39 is 0 Å². The highest BCUT2D eigenvalue weighted by molar-refractivity contribution is 5.95. The van der Waals surface area contributed by atoms with Crippen molar-refractivity contribution in [2.45, 2.75) is 45.7 Å². The minimum absolute atomic E-state index is 0.0971. The van der Waals surface area contributed by atoms with Crippen LogP contribution in [0.5, 0.6) is 0 Å². The number of nitriles is 1. The minimum atomic E-state index is -0.352. The summed E-state index contributed by atoms with van der Waals surface area (Å²) in [5, 5.41) is 17.9. The predicted octanol–water partition coefficient (Wildman–Crippen LogP) is 3.75. The van der Waals surface area contributed by atoms with Crippen LogP contribution in [0.1, 0.15) is 62.8 Å². The van der Waals surface area contributed by atoms with Gasteiger partial charge in [0.2, 0.25) is 0 Å². The first-order valence-electron chi connectivity index (χ1n) is 11.3. The highest BCUT2D eigenvalue weighted by Gasteiger charge is 2.24. The molecule has 3 N–H and O–H groups in total. The van der Waals surface area contributed by atoms with E-state index in [-0.39, 0.29) is 17.2 Å². The number of nitrogens with zero attached hydrogens (tertiary/aromatic N) is 5. The fraction of sp³-hybridized carbons (Fsp3) is 0.269. The lowest BCUT2D eigenvalue weighted by Gasteiger charge is -2.11. The average Bonchev–Trinajstić information content (AvgIpc) is 3.58. The van der Waals surface area contributed by atoms with Gasteiger partial charge in [-0.05, 0) is 79.1 Å². The van der Waals surface area contributed by atoms with Crippen molar-refractivity contribution in [2.24, 2.45) is 0 Å². The van der Waals surface area contributed by atoms with Crippen LogP contribution in [0.3, 0.4) is 0 Å². The van der Waals surface area contributed by atoms with Crippen LogP contribution in [0.25, 0.3) is 10.9 Å². The molecule has 8 nitrogen and oxygen atoms in total. The second-order valence-electron chi connectivity index (χ2n) is 8.88. The largest absolute Gasteiger partial charge is 0.384 e. The van der Waals surface area contributed by atoms with Gasteiger partial charge in [-0.2, -0.15) is 10.4 Å². The van der Waals surface area contributed by atoms with Crippen LogP contribution in [0.4, 0.5) is 5.82 Å². The molecular formula is C26H25N7O. The SMILES string of the molecule is Cc1cc(N)nc(C)c1CNC(=O)c1cn(Cc2ccc3ncc(C4CC4)cc3c2)nc1C#N. The van der Waals surface area contributed by atoms with Crippen molar-refractivity contribution in [1.82, 2.24) is 25.1 Å². The number of anilines is 1. The van der Waals surface area contributed by atoms with Crippen molar-refractivity contribution in [3.8, 4) is 6.07 Å². The number of benzene rings is 1. The van der Waals surface area contributed by atoms with E-state index in [9.17, 15) is 10.1 Å². The van der Waals surface area contributed by atoms with E-state index in [1.54, 1.807) is 16.9 Å². The molecule has 0 atom stereocenters. The quantitative estimate of drug-likeness (QED) is 0.460. The van der Waals surface area contributed by atoms with Gasteiger partial charge in [0.05, 0.1) is 17.6 Å². The molecule has 1 aliphatic rings. The molecule has 0 unspecified atom stereocenters. The summed E-state index contributed by atoms with van der Waals surface area (Å²) < 4.78 is 1.63. The molecular weight excluding hydrogens is 426 g/mol. The van der Waals surface area contributed by atoms with Gasteiger partial charge >= 0.3 is 0 Å². The zero-order chi connectivity index (χ0) is 23.8. The summed E-state index contributed by atoms with van der Waals surface area (Å²) in [6.07, 6.45) is 6.06. The second-order valence-corrected chi connectivity index (χ2v) is 8.88. The van der Waals surface area contributed by atoms with E-state index >= 15 is 0 Å². The van der Waals surface area contributed by atoms with Gasteiger partial charge in [-0.15, -0.1) is 0 Å². The summed E-state index contributed by atoms with van der Waals surface area (Å²) in [7, 11) is 0. The molecule has 8 heteroatoms. The van der Waals surface area contributed by atoms with E-state index in [0.29, 0.717) is 24.8 Å². The van der Waals surface area contributed by atoms with Crippen LogP contribution >= 0.6 is 0 Å². The van der Waals surface area contributed by atoms with Crippen LogP contribution in [-0.4, -0.2) is 25.7 Å². The van der Waals surface area contributed by atoms with Crippen molar-refractivity contribution < 1.29 is 4.79 Å². The summed E-state index contributed by atoms with van der Waals surface area (Å²) >= 11 is 0. The number of hydrogen-bond acceptors (Lipinski definition) is 6. The first kappa shape index (κ1) is 21.6. The number of amides is 1. The molecule has 34 heavy (non-hydrogen) atoms. The average molecular weight is 452 g/mol. The van der Waals surface area contributed by atoms with Gasteiger partial charge in [0.25, 0.3) is 5.91 Å². The number of aryl methyl sites for hydroxylation is 2. The highest BCUT2D eigenvalue weighted by atomic mass is 16.1. The third kappa shape index (κ3) is 4.33. The molecule has 1 saturated carbocycles. The van der Waals surface area contributed by atoms with E-state index in [1.165, 1.54) is 18.4 Å². The van der Waals surface area contributed by atoms with Crippen molar-refractivity contribution in [2.75, 3.05) is 5.73 Å². The Morgan fingerprint density at radius 1 is 1.26 bits per heavy atom. The first-order valence-corrected chi connectivity index (χ1v) is 11.3. The van der Waals surface area contributed by atoms with Crippen LogP contribution in [0.2, 0.25) is 0 Å². The van der Waals surface area contributed by atoms with E-state index in [4.69, 9.17) is 5.73 Å². The lowest BCUT2D eigenvalue weighted by Crippen LogP contribution is -2.24. The minimum Gasteiger partial charge on any atom is -0.384 e. The molecule has 1 fully saturated rings. The van der Waals surface area contributed by atoms with Crippen molar-refractivity contribution >= 4 is 22.6 Å². The Labute approximate surface area is 197 Å². The standard InChI is InChI=1S/C26H25N7O/c1-15-7-25(28)31-16(2)21(15)12-30-26(34)22-14-33(32-24(22)10-27)13-17-3-6-23-19(8-17)9-20(11-29-23)18-4-5-18/h3,6-9,11,14,18H,4-5,12-13H2,1-2H3,(H2,28,31)(H,30,34). The van der Waals surface area contributed by atoms with Crippen LogP contribution in [0, 0.1) is 25.2 Å². The molecule has 5 rings (SSSR count). The van der Waals surface area contributed by atoms with Crippen LogP contribution in [-0.2, 0) is 13.1 Å². The number of nitrogens with one attached hydrogen (secondary N) is 1. The van der Waals surface area contributed by atoms with Crippen LogP contribution in [0.15, 0.2) is 42.7 Å². The summed E-state index contributed by atoms with van der Waals surface area (Å²) in [6, 6.07) is 12.1. The number of aromatic nitrogens is 4. The lowest BCUT2D eigenvalue weighted by molar-refractivity contribution is 0.0950. The number of carbonyl (C=O) groups is 1. The molecule has 0 aliphatic heterocycles. The summed E-state index contributed by atoms with van der Waals surface area (Å²) in [6.45, 7) is 4.53. The fourth-order valence-electron chi connectivity index (χ4n) is 4.29. The molecule has 4 aromatic rings. The third-order valence-electron chi connectivity index (χ3n) is 6.27. The Kier molecular flexibility index (Phi) is 5.46. The maximum atomic E-state index is 12.9. The van der Waals surface area contributed by atoms with Crippen molar-refractivity contribution in [3.05, 3.63) is 81.9 Å². The Bertz CT molecular complexity index is 1440. The zero-order valence-corrected chi connectivity index (χ0v) is 19.2. The Morgan fingerprint density at radius 2 is 2.09 bits per heavy atom. The van der Waals surface area contributed by atoms with Crippen molar-refractivity contribution in [1.29, 1.82) is 5.26 Å². The molecule has 1 amide bonds. The number of rotatable bonds is 6. The number of pyridine rings is 2.